The Morgan fingerprint density at radius 3 is 1.85 bits per heavy atom. The van der Waals surface area contributed by atoms with Gasteiger partial charge in [-0.25, -0.2) is 0 Å². The Labute approximate surface area is 76.4 Å². The first-order valence-electron chi connectivity index (χ1n) is 4.15. The Morgan fingerprint density at radius 2 is 1.46 bits per heavy atom. The highest BCUT2D eigenvalue weighted by Gasteiger charge is 2.30. The lowest BCUT2D eigenvalue weighted by Crippen LogP contribution is -2.83. The van der Waals surface area contributed by atoms with Crippen LogP contribution in [0.4, 0.5) is 0 Å². The van der Waals surface area contributed by atoms with Gasteiger partial charge >= 0.3 is 0 Å². The summed E-state index contributed by atoms with van der Waals surface area (Å²) in [6.45, 7) is -0.433. The molecule has 0 aliphatic rings. The maximum Gasteiger partial charge on any atom is 0.131 e. The second-order valence-corrected chi connectivity index (χ2v) is 2.94. The summed E-state index contributed by atoms with van der Waals surface area (Å²) in [5, 5.41) is 46.6. The summed E-state index contributed by atoms with van der Waals surface area (Å²) in [4.78, 5) is 0. The average molecular weight is 196 g/mol. The zero-order valence-electron chi connectivity index (χ0n) is 7.54. The SMILES string of the molecule is C[NH2+]C[C@H](O)[C@@H](O)[C@H](O)C(O)CO. The van der Waals surface area contributed by atoms with E-state index in [-0.39, 0.29) is 6.54 Å². The number of quaternary nitrogens is 1. The van der Waals surface area contributed by atoms with E-state index in [1.54, 1.807) is 12.4 Å². The van der Waals surface area contributed by atoms with Gasteiger partial charge in [0.2, 0.25) is 0 Å². The number of hydrogen-bond acceptors (Lipinski definition) is 5. The zero-order valence-corrected chi connectivity index (χ0v) is 7.54. The van der Waals surface area contributed by atoms with E-state index in [2.05, 4.69) is 0 Å². The normalized spacial score (nSPS) is 20.8. The maximum absolute atomic E-state index is 9.23. The lowest BCUT2D eigenvalue weighted by atomic mass is 10.0. The molecule has 13 heavy (non-hydrogen) atoms. The summed E-state index contributed by atoms with van der Waals surface area (Å²) in [6.07, 6.45) is -5.53. The van der Waals surface area contributed by atoms with Gasteiger partial charge in [-0.2, -0.15) is 0 Å². The van der Waals surface area contributed by atoms with Crippen molar-refractivity contribution in [2.45, 2.75) is 24.4 Å². The molecule has 0 bridgehead atoms. The Bertz CT molecular complexity index is 134. The van der Waals surface area contributed by atoms with E-state index in [4.69, 9.17) is 15.3 Å². The fourth-order valence-electron chi connectivity index (χ4n) is 0.944. The van der Waals surface area contributed by atoms with Crippen LogP contribution in [0.5, 0.6) is 0 Å². The molecule has 0 spiro atoms. The molecule has 0 aromatic heterocycles. The topological polar surface area (TPSA) is 118 Å². The Balaban J connectivity index is 3.99. The largest absolute Gasteiger partial charge is 0.394 e. The van der Waals surface area contributed by atoms with Gasteiger partial charge in [0.15, 0.2) is 0 Å². The van der Waals surface area contributed by atoms with Gasteiger partial charge in [-0.3, -0.25) is 0 Å². The van der Waals surface area contributed by atoms with Crippen LogP contribution in [0.15, 0.2) is 0 Å². The van der Waals surface area contributed by atoms with Gasteiger partial charge in [0, 0.05) is 0 Å². The molecule has 0 heterocycles. The summed E-state index contributed by atoms with van der Waals surface area (Å²) in [5.41, 5.74) is 0. The summed E-state index contributed by atoms with van der Waals surface area (Å²) in [7, 11) is 1.70. The molecule has 1 unspecified atom stereocenters. The fourth-order valence-corrected chi connectivity index (χ4v) is 0.944. The molecule has 80 valence electrons. The van der Waals surface area contributed by atoms with Crippen molar-refractivity contribution in [2.75, 3.05) is 20.2 Å². The molecule has 0 radical (unpaired) electrons. The number of nitrogens with two attached hydrogens (primary N) is 1. The van der Waals surface area contributed by atoms with Crippen LogP contribution < -0.4 is 5.32 Å². The number of aliphatic hydroxyl groups excluding tert-OH is 5. The van der Waals surface area contributed by atoms with E-state index in [1.807, 2.05) is 0 Å². The van der Waals surface area contributed by atoms with Crippen molar-refractivity contribution in [3.05, 3.63) is 0 Å². The second kappa shape index (κ2) is 6.25. The maximum atomic E-state index is 9.23. The summed E-state index contributed by atoms with van der Waals surface area (Å²) < 4.78 is 0. The third kappa shape index (κ3) is 3.99. The molecule has 6 heteroatoms. The third-order valence-electron chi connectivity index (χ3n) is 1.80. The highest BCUT2D eigenvalue weighted by molar-refractivity contribution is 4.79. The molecule has 0 amide bonds. The summed E-state index contributed by atoms with van der Waals surface area (Å²) in [6, 6.07) is 0. The Kier molecular flexibility index (Phi) is 6.13. The predicted octanol–water partition coefficient (Wildman–Crippen LogP) is -4.38. The summed E-state index contributed by atoms with van der Waals surface area (Å²) >= 11 is 0. The van der Waals surface area contributed by atoms with E-state index in [0.717, 1.165) is 0 Å². The van der Waals surface area contributed by atoms with Gasteiger partial charge in [-0.1, -0.05) is 0 Å². The van der Waals surface area contributed by atoms with Crippen molar-refractivity contribution in [2.24, 2.45) is 0 Å². The van der Waals surface area contributed by atoms with Gasteiger partial charge in [-0.05, 0) is 0 Å². The van der Waals surface area contributed by atoms with Crippen LogP contribution in [0.2, 0.25) is 0 Å². The Hall–Kier alpha value is -0.240. The van der Waals surface area contributed by atoms with Crippen LogP contribution in [0.3, 0.4) is 0 Å². The molecule has 7 N–H and O–H groups in total. The van der Waals surface area contributed by atoms with Crippen LogP contribution in [-0.2, 0) is 0 Å². The molecular formula is C7H18NO5+. The van der Waals surface area contributed by atoms with Gasteiger partial charge in [-0.15, -0.1) is 0 Å². The molecule has 0 aromatic carbocycles. The monoisotopic (exact) mass is 196 g/mol. The van der Waals surface area contributed by atoms with Crippen LogP contribution in [0.1, 0.15) is 0 Å². The van der Waals surface area contributed by atoms with Gasteiger partial charge < -0.3 is 30.8 Å². The van der Waals surface area contributed by atoms with Crippen molar-refractivity contribution < 1.29 is 30.8 Å². The van der Waals surface area contributed by atoms with E-state index in [1.165, 1.54) is 0 Å². The van der Waals surface area contributed by atoms with E-state index >= 15 is 0 Å². The molecule has 6 nitrogen and oxygen atoms in total. The minimum Gasteiger partial charge on any atom is -0.394 e. The molecule has 0 fully saturated rings. The lowest BCUT2D eigenvalue weighted by Gasteiger charge is -2.24. The molecule has 4 atom stereocenters. The first-order chi connectivity index (χ1) is 6.04. The highest BCUT2D eigenvalue weighted by Crippen LogP contribution is 2.03. The Morgan fingerprint density at radius 1 is 1.00 bits per heavy atom. The predicted molar refractivity (Wildman–Crippen MR) is 43.8 cm³/mol. The van der Waals surface area contributed by atoms with Crippen molar-refractivity contribution in [1.29, 1.82) is 0 Å². The van der Waals surface area contributed by atoms with Crippen LogP contribution >= 0.6 is 0 Å². The van der Waals surface area contributed by atoms with Crippen molar-refractivity contribution in [3.8, 4) is 0 Å². The van der Waals surface area contributed by atoms with Crippen molar-refractivity contribution >= 4 is 0 Å². The molecule has 0 aromatic rings. The highest BCUT2D eigenvalue weighted by atomic mass is 16.4. The average Bonchev–Trinajstić information content (AvgIpc) is 2.14. The van der Waals surface area contributed by atoms with Crippen LogP contribution in [0.25, 0.3) is 0 Å². The fraction of sp³-hybridized carbons (Fsp3) is 1.00. The third-order valence-corrected chi connectivity index (χ3v) is 1.80. The van der Waals surface area contributed by atoms with Crippen LogP contribution in [-0.4, -0.2) is 70.1 Å². The molecule has 0 aliphatic heterocycles. The minimum atomic E-state index is -1.53. The zero-order chi connectivity index (χ0) is 10.4. The number of rotatable bonds is 6. The quantitative estimate of drug-likeness (QED) is 0.256. The molecule has 0 rings (SSSR count). The summed E-state index contributed by atoms with van der Waals surface area (Å²) in [5.74, 6) is 0. The second-order valence-electron chi connectivity index (χ2n) is 2.94. The molecule has 0 saturated heterocycles. The lowest BCUT2D eigenvalue weighted by molar-refractivity contribution is -0.635. The van der Waals surface area contributed by atoms with E-state index < -0.39 is 31.0 Å². The smallest absolute Gasteiger partial charge is 0.131 e. The number of likely N-dealkylation sites (N-methyl/N-ethyl adjacent to an activating group) is 1. The van der Waals surface area contributed by atoms with E-state index in [9.17, 15) is 10.2 Å². The number of aliphatic hydroxyl groups is 5. The van der Waals surface area contributed by atoms with Gasteiger partial charge in [0.05, 0.1) is 13.7 Å². The standard InChI is InChI=1S/C7H17NO5/c1-8-2-4(10)6(12)7(13)5(11)3-9/h4-13H,2-3H2,1H3/p+1/t4-,5?,6+,7+/m0/s1. The van der Waals surface area contributed by atoms with Gasteiger partial charge in [0.25, 0.3) is 0 Å². The van der Waals surface area contributed by atoms with E-state index in [0.29, 0.717) is 0 Å². The first kappa shape index (κ1) is 12.8. The van der Waals surface area contributed by atoms with Crippen molar-refractivity contribution in [3.63, 3.8) is 0 Å². The van der Waals surface area contributed by atoms with Gasteiger partial charge in [0.1, 0.15) is 31.0 Å². The first-order valence-corrected chi connectivity index (χ1v) is 4.15. The molecular weight excluding hydrogens is 178 g/mol. The number of hydrogen-bond donors (Lipinski definition) is 6. The molecule has 0 aliphatic carbocycles. The minimum absolute atomic E-state index is 0.219. The molecule has 0 saturated carbocycles. The van der Waals surface area contributed by atoms with Crippen LogP contribution in [0, 0.1) is 0 Å². The van der Waals surface area contributed by atoms with Crippen molar-refractivity contribution in [1.82, 2.24) is 0 Å².